The van der Waals surface area contributed by atoms with Gasteiger partial charge >= 0.3 is 5.97 Å². The average molecular weight is 455 g/mol. The molecule has 0 radical (unpaired) electrons. The number of fused-ring (bicyclic) bond motifs is 1. The van der Waals surface area contributed by atoms with Crippen molar-refractivity contribution in [3.63, 3.8) is 0 Å². The molecule has 1 aromatic heterocycles. The third-order valence-electron chi connectivity index (χ3n) is 6.69. The van der Waals surface area contributed by atoms with Crippen LogP contribution >= 0.6 is 0 Å². The first-order valence-electron chi connectivity index (χ1n) is 11.3. The number of nitrogens with one attached hydrogen (secondary N) is 1. The number of para-hydroxylation sites is 1. The van der Waals surface area contributed by atoms with Crippen molar-refractivity contribution < 1.29 is 23.9 Å². The monoisotopic (exact) mass is 454 g/mol. The fourth-order valence-corrected chi connectivity index (χ4v) is 4.77. The summed E-state index contributed by atoms with van der Waals surface area (Å²) in [6, 6.07) is 7.47. The van der Waals surface area contributed by atoms with Crippen molar-refractivity contribution in [1.82, 2.24) is 19.8 Å². The maximum atomic E-state index is 13.8. The highest BCUT2D eigenvalue weighted by Crippen LogP contribution is 2.33. The lowest BCUT2D eigenvalue weighted by Crippen LogP contribution is -2.64. The molecule has 1 saturated carbocycles. The number of hydrogen-bond donors (Lipinski definition) is 1. The number of ether oxygens (including phenoxy) is 2. The van der Waals surface area contributed by atoms with Gasteiger partial charge in [-0.1, -0.05) is 37.5 Å². The van der Waals surface area contributed by atoms with E-state index in [1.807, 2.05) is 24.3 Å². The van der Waals surface area contributed by atoms with Crippen LogP contribution in [0, 0.1) is 0 Å². The SMILES string of the molecule is COC(=O)c1ncn2c1C(=O)N(Cc1ccccc1OC)[C@](C)(C(=O)NC1CCCCC1)C2. The van der Waals surface area contributed by atoms with Crippen LogP contribution in [0.2, 0.25) is 0 Å². The van der Waals surface area contributed by atoms with Crippen LogP contribution < -0.4 is 10.1 Å². The van der Waals surface area contributed by atoms with Gasteiger partial charge in [0.15, 0.2) is 5.69 Å². The Labute approximate surface area is 193 Å². The highest BCUT2D eigenvalue weighted by molar-refractivity contribution is 6.06. The lowest BCUT2D eigenvalue weighted by Gasteiger charge is -2.44. The van der Waals surface area contributed by atoms with Crippen LogP contribution in [0.15, 0.2) is 30.6 Å². The molecule has 2 amide bonds. The minimum Gasteiger partial charge on any atom is -0.496 e. The fraction of sp³-hybridized carbons (Fsp3) is 0.500. The van der Waals surface area contributed by atoms with Crippen molar-refractivity contribution in [2.45, 2.75) is 63.7 Å². The van der Waals surface area contributed by atoms with Crippen molar-refractivity contribution in [2.75, 3.05) is 14.2 Å². The Bertz CT molecular complexity index is 1060. The van der Waals surface area contributed by atoms with E-state index >= 15 is 0 Å². The Balaban J connectivity index is 1.73. The predicted molar refractivity (Wildman–Crippen MR) is 120 cm³/mol. The number of hydrogen-bond acceptors (Lipinski definition) is 6. The minimum absolute atomic E-state index is 0.0535. The van der Waals surface area contributed by atoms with E-state index in [0.29, 0.717) is 5.75 Å². The first-order chi connectivity index (χ1) is 15.9. The van der Waals surface area contributed by atoms with Crippen molar-refractivity contribution >= 4 is 17.8 Å². The summed E-state index contributed by atoms with van der Waals surface area (Å²) in [5, 5.41) is 3.18. The molecule has 176 valence electrons. The lowest BCUT2D eigenvalue weighted by atomic mass is 9.90. The summed E-state index contributed by atoms with van der Waals surface area (Å²) < 4.78 is 11.9. The van der Waals surface area contributed by atoms with Gasteiger partial charge in [0, 0.05) is 11.6 Å². The second kappa shape index (κ2) is 9.25. The maximum Gasteiger partial charge on any atom is 0.359 e. The van der Waals surface area contributed by atoms with E-state index in [1.165, 1.54) is 24.8 Å². The summed E-state index contributed by atoms with van der Waals surface area (Å²) in [7, 11) is 2.81. The molecule has 9 nitrogen and oxygen atoms in total. The molecular weight excluding hydrogens is 424 g/mol. The third-order valence-corrected chi connectivity index (χ3v) is 6.69. The predicted octanol–water partition coefficient (Wildman–Crippen LogP) is 2.54. The quantitative estimate of drug-likeness (QED) is 0.673. The number of benzene rings is 1. The molecule has 0 spiro atoms. The zero-order valence-corrected chi connectivity index (χ0v) is 19.3. The van der Waals surface area contributed by atoms with Crippen LogP contribution in [0.5, 0.6) is 5.75 Å². The minimum atomic E-state index is -1.18. The van der Waals surface area contributed by atoms with Gasteiger partial charge in [-0.15, -0.1) is 0 Å². The van der Waals surface area contributed by atoms with Crippen LogP contribution in [-0.2, 0) is 22.6 Å². The molecule has 2 aromatic rings. The summed E-state index contributed by atoms with van der Waals surface area (Å²) in [5.41, 5.74) is -0.351. The molecule has 2 heterocycles. The van der Waals surface area contributed by atoms with Gasteiger partial charge in [0.1, 0.15) is 17.0 Å². The standard InChI is InChI=1S/C24H30N4O5/c1-24(23(31)26-17-10-5-4-6-11-17)14-27-15-25-19(22(30)33-3)20(27)21(29)28(24)13-16-9-7-8-12-18(16)32-2/h7-9,12,15,17H,4-6,10-11,13-14H2,1-3H3,(H,26,31)/t24-/m0/s1. The molecule has 1 aromatic carbocycles. The van der Waals surface area contributed by atoms with Crippen LogP contribution in [0.4, 0.5) is 0 Å². The molecule has 0 bridgehead atoms. The van der Waals surface area contributed by atoms with Gasteiger partial charge in [0.25, 0.3) is 5.91 Å². The number of carbonyl (C=O) groups excluding carboxylic acids is 3. The number of amides is 2. The van der Waals surface area contributed by atoms with Gasteiger partial charge in [-0.05, 0) is 25.8 Å². The summed E-state index contributed by atoms with van der Waals surface area (Å²) in [6.07, 6.45) is 6.64. The van der Waals surface area contributed by atoms with Gasteiger partial charge in [-0.25, -0.2) is 9.78 Å². The number of esters is 1. The fourth-order valence-electron chi connectivity index (χ4n) is 4.77. The molecule has 1 fully saturated rings. The van der Waals surface area contributed by atoms with Crippen molar-refractivity contribution in [1.29, 1.82) is 0 Å². The van der Waals surface area contributed by atoms with E-state index in [1.54, 1.807) is 18.6 Å². The second-order valence-electron chi connectivity index (χ2n) is 8.85. The average Bonchev–Trinajstić information content (AvgIpc) is 3.25. The number of imidazole rings is 1. The summed E-state index contributed by atoms with van der Waals surface area (Å²) >= 11 is 0. The number of nitrogens with zero attached hydrogens (tertiary/aromatic N) is 3. The number of carbonyl (C=O) groups is 3. The van der Waals surface area contributed by atoms with E-state index in [9.17, 15) is 14.4 Å². The topological polar surface area (TPSA) is 103 Å². The van der Waals surface area contributed by atoms with Gasteiger partial charge in [0.05, 0.1) is 33.6 Å². The Morgan fingerprint density at radius 2 is 1.91 bits per heavy atom. The molecule has 2 aliphatic rings. The highest BCUT2D eigenvalue weighted by Gasteiger charge is 2.49. The molecule has 0 unspecified atom stereocenters. The zero-order valence-electron chi connectivity index (χ0n) is 19.3. The molecule has 4 rings (SSSR count). The smallest absolute Gasteiger partial charge is 0.359 e. The summed E-state index contributed by atoms with van der Waals surface area (Å²) in [5.74, 6) is -0.736. The number of aromatic nitrogens is 2. The molecule has 33 heavy (non-hydrogen) atoms. The van der Waals surface area contributed by atoms with Crippen molar-refractivity contribution in [3.05, 3.63) is 47.5 Å². The van der Waals surface area contributed by atoms with Gasteiger partial charge in [0.2, 0.25) is 5.91 Å². The normalized spacial score (nSPS) is 20.8. The van der Waals surface area contributed by atoms with Crippen molar-refractivity contribution in [3.8, 4) is 5.75 Å². The Morgan fingerprint density at radius 1 is 1.18 bits per heavy atom. The zero-order chi connectivity index (χ0) is 23.6. The lowest BCUT2D eigenvalue weighted by molar-refractivity contribution is -0.134. The van der Waals surface area contributed by atoms with Crippen LogP contribution in [-0.4, -0.2) is 58.0 Å². The van der Waals surface area contributed by atoms with Crippen molar-refractivity contribution in [2.24, 2.45) is 0 Å². The first-order valence-corrected chi connectivity index (χ1v) is 11.3. The molecule has 9 heteroatoms. The second-order valence-corrected chi connectivity index (χ2v) is 8.85. The van der Waals surface area contributed by atoms with E-state index in [2.05, 4.69) is 10.3 Å². The van der Waals surface area contributed by atoms with Gasteiger partial charge in [-0.2, -0.15) is 0 Å². The Hall–Kier alpha value is -3.36. The molecule has 1 aliphatic heterocycles. The molecule has 1 atom stereocenters. The van der Waals surface area contributed by atoms with E-state index in [0.717, 1.165) is 31.2 Å². The first kappa shape index (κ1) is 22.8. The van der Waals surface area contributed by atoms with E-state index < -0.39 is 17.4 Å². The Kier molecular flexibility index (Phi) is 6.40. The highest BCUT2D eigenvalue weighted by atomic mass is 16.5. The molecule has 0 saturated heterocycles. The Morgan fingerprint density at radius 3 is 2.61 bits per heavy atom. The van der Waals surface area contributed by atoms with Gasteiger partial charge < -0.3 is 24.3 Å². The maximum absolute atomic E-state index is 13.8. The summed E-state index contributed by atoms with van der Waals surface area (Å²) in [6.45, 7) is 2.08. The molecule has 1 N–H and O–H groups in total. The van der Waals surface area contributed by atoms with Gasteiger partial charge in [-0.3, -0.25) is 9.59 Å². The largest absolute Gasteiger partial charge is 0.496 e. The molecule has 1 aliphatic carbocycles. The third kappa shape index (κ3) is 4.19. The van der Waals surface area contributed by atoms with E-state index in [-0.39, 0.29) is 36.4 Å². The molecular formula is C24H30N4O5. The van der Waals surface area contributed by atoms with E-state index in [4.69, 9.17) is 9.47 Å². The van der Waals surface area contributed by atoms with Crippen LogP contribution in [0.25, 0.3) is 0 Å². The number of methoxy groups -OCH3 is 2. The summed E-state index contributed by atoms with van der Waals surface area (Å²) in [4.78, 5) is 45.3. The van der Waals surface area contributed by atoms with Crippen LogP contribution in [0.1, 0.15) is 65.6 Å². The van der Waals surface area contributed by atoms with Crippen LogP contribution in [0.3, 0.4) is 0 Å². The number of rotatable bonds is 6.